The summed E-state index contributed by atoms with van der Waals surface area (Å²) in [6.45, 7) is 2.40. The topological polar surface area (TPSA) is 59.1 Å². The van der Waals surface area contributed by atoms with Crippen molar-refractivity contribution in [1.82, 2.24) is 0 Å². The van der Waals surface area contributed by atoms with E-state index in [2.05, 4.69) is 0 Å². The summed E-state index contributed by atoms with van der Waals surface area (Å²) in [4.78, 5) is 0. The highest BCUT2D eigenvalue weighted by atomic mass is 127. The summed E-state index contributed by atoms with van der Waals surface area (Å²) < 4.78 is 5.53. The Kier molecular flexibility index (Phi) is 4.47. The Labute approximate surface area is 67.9 Å². The van der Waals surface area contributed by atoms with Crippen molar-refractivity contribution in [2.75, 3.05) is 6.61 Å². The maximum Gasteiger partial charge on any atom is 0.199 e. The lowest BCUT2D eigenvalue weighted by molar-refractivity contribution is 0.226. The van der Waals surface area contributed by atoms with Crippen LogP contribution >= 0.6 is 22.6 Å². The predicted octanol–water partition coefficient (Wildman–Crippen LogP) is 1.24. The average Bonchev–Trinajstić information content (AvgIpc) is 1.87. The fourth-order valence-electron chi connectivity index (χ4n) is 0.296. The van der Waals surface area contributed by atoms with Crippen LogP contribution in [-0.2, 0) is 4.74 Å². The molecule has 0 unspecified atom stereocenters. The minimum Gasteiger partial charge on any atom is -0.479 e. The molecule has 0 bridgehead atoms. The Morgan fingerprint density at radius 1 is 1.89 bits per heavy atom. The number of hydrogen-bond donors (Lipinski definition) is 2. The van der Waals surface area contributed by atoms with Crippen LogP contribution in [0.3, 0.4) is 0 Å². The Morgan fingerprint density at radius 3 is 2.78 bits per heavy atom. The highest BCUT2D eigenvalue weighted by Crippen LogP contribution is 2.05. The number of rotatable bonds is 3. The fraction of sp³-hybridized carbons (Fsp3) is 0.400. The van der Waals surface area contributed by atoms with Gasteiger partial charge in [0.1, 0.15) is 0 Å². The predicted molar refractivity (Wildman–Crippen MR) is 45.6 cm³/mol. The second kappa shape index (κ2) is 4.60. The zero-order chi connectivity index (χ0) is 7.28. The van der Waals surface area contributed by atoms with E-state index in [4.69, 9.17) is 15.9 Å². The lowest BCUT2D eigenvalue weighted by atomic mass is 10.6. The molecule has 0 atom stereocenters. The third kappa shape index (κ3) is 3.34. The van der Waals surface area contributed by atoms with E-state index in [-0.39, 0.29) is 0 Å². The van der Waals surface area contributed by atoms with Crippen LogP contribution in [0.25, 0.3) is 0 Å². The van der Waals surface area contributed by atoms with E-state index >= 15 is 0 Å². The highest BCUT2D eigenvalue weighted by molar-refractivity contribution is 14.1. The van der Waals surface area contributed by atoms with Gasteiger partial charge in [-0.1, -0.05) is 0 Å². The zero-order valence-electron chi connectivity index (χ0n) is 5.15. The molecule has 0 aromatic rings. The van der Waals surface area contributed by atoms with Gasteiger partial charge in [-0.05, 0) is 29.5 Å². The van der Waals surface area contributed by atoms with Gasteiger partial charge in [-0.15, -0.1) is 0 Å². The fourth-order valence-corrected chi connectivity index (χ4v) is 0.451. The molecule has 0 amide bonds. The molecular formula is C5H9IN2O. The number of nitrogens with two attached hydrogens (primary N) is 1. The number of allylic oxidation sites excluding steroid dienone is 1. The summed E-state index contributed by atoms with van der Waals surface area (Å²) in [5.41, 5.74) is 5.34. The third-order valence-corrected chi connectivity index (χ3v) is 1.50. The van der Waals surface area contributed by atoms with Crippen LogP contribution in [0.5, 0.6) is 0 Å². The lowest BCUT2D eigenvalue weighted by Crippen LogP contribution is -2.04. The molecule has 0 saturated heterocycles. The van der Waals surface area contributed by atoms with Crippen molar-refractivity contribution in [3.05, 3.63) is 9.46 Å². The molecule has 0 heterocycles. The first-order valence-corrected chi connectivity index (χ1v) is 3.58. The molecule has 0 aromatic carbocycles. The summed E-state index contributed by atoms with van der Waals surface area (Å²) >= 11 is 1.94. The van der Waals surface area contributed by atoms with Gasteiger partial charge < -0.3 is 15.9 Å². The number of hydrogen-bond acceptors (Lipinski definition) is 3. The number of ether oxygens (including phenoxy) is 1. The summed E-state index contributed by atoms with van der Waals surface area (Å²) in [5, 5.41) is 6.77. The maximum absolute atomic E-state index is 6.77. The van der Waals surface area contributed by atoms with Crippen LogP contribution in [-0.4, -0.2) is 12.8 Å². The van der Waals surface area contributed by atoms with Crippen molar-refractivity contribution in [2.45, 2.75) is 6.92 Å². The summed E-state index contributed by atoms with van der Waals surface area (Å²) in [5.74, 6) is 0.327. The smallest absolute Gasteiger partial charge is 0.199 e. The van der Waals surface area contributed by atoms with Crippen LogP contribution in [0, 0.1) is 5.41 Å². The van der Waals surface area contributed by atoms with Gasteiger partial charge in [0.2, 0.25) is 0 Å². The first-order valence-electron chi connectivity index (χ1n) is 2.50. The quantitative estimate of drug-likeness (QED) is 0.443. The molecule has 9 heavy (non-hydrogen) atoms. The first kappa shape index (κ1) is 8.74. The zero-order valence-corrected chi connectivity index (χ0v) is 7.31. The first-order chi connectivity index (χ1) is 4.22. The van der Waals surface area contributed by atoms with E-state index in [1.54, 1.807) is 0 Å². The van der Waals surface area contributed by atoms with Crippen LogP contribution in [0.2, 0.25) is 0 Å². The molecule has 0 saturated carbocycles. The monoisotopic (exact) mass is 240 g/mol. The molecule has 0 fully saturated rings. The van der Waals surface area contributed by atoms with Crippen LogP contribution < -0.4 is 5.73 Å². The Hall–Kier alpha value is -0.260. The van der Waals surface area contributed by atoms with Crippen molar-refractivity contribution in [1.29, 1.82) is 5.41 Å². The minimum atomic E-state index is 0.327. The van der Waals surface area contributed by atoms with E-state index in [0.29, 0.717) is 16.1 Å². The van der Waals surface area contributed by atoms with E-state index in [1.807, 2.05) is 29.5 Å². The maximum atomic E-state index is 6.77. The third-order valence-electron chi connectivity index (χ3n) is 0.662. The SMILES string of the molecule is CCO/C(N)=C(\I)C=N. The number of halogens is 1. The summed E-state index contributed by atoms with van der Waals surface area (Å²) in [6.07, 6.45) is 1.16. The highest BCUT2D eigenvalue weighted by Gasteiger charge is 1.93. The van der Waals surface area contributed by atoms with Crippen molar-refractivity contribution >= 4 is 28.8 Å². The lowest BCUT2D eigenvalue weighted by Gasteiger charge is -2.01. The molecule has 0 aromatic heterocycles. The molecule has 3 nitrogen and oxygen atoms in total. The molecule has 0 spiro atoms. The second-order valence-electron chi connectivity index (χ2n) is 1.29. The molecular weight excluding hydrogens is 231 g/mol. The molecule has 4 heteroatoms. The number of nitrogens with one attached hydrogen (secondary N) is 1. The van der Waals surface area contributed by atoms with Crippen LogP contribution in [0.15, 0.2) is 9.46 Å². The van der Waals surface area contributed by atoms with Gasteiger partial charge in [0.25, 0.3) is 0 Å². The van der Waals surface area contributed by atoms with Crippen LogP contribution in [0.1, 0.15) is 6.92 Å². The molecule has 3 N–H and O–H groups in total. The Bertz CT molecular complexity index is 133. The van der Waals surface area contributed by atoms with Gasteiger partial charge in [-0.2, -0.15) is 0 Å². The molecule has 0 aliphatic heterocycles. The van der Waals surface area contributed by atoms with Crippen LogP contribution in [0.4, 0.5) is 0 Å². The van der Waals surface area contributed by atoms with Gasteiger partial charge in [0, 0.05) is 6.21 Å². The van der Waals surface area contributed by atoms with Crippen molar-refractivity contribution < 1.29 is 4.74 Å². The van der Waals surface area contributed by atoms with Gasteiger partial charge in [0.15, 0.2) is 5.88 Å². The van der Waals surface area contributed by atoms with Gasteiger partial charge >= 0.3 is 0 Å². The Balaban J connectivity index is 3.93. The standard InChI is InChI=1S/C5H9IN2O/c1-2-9-5(8)4(6)3-7/h3,7H,2,8H2,1H3/b5-4-,7-3?. The normalized spacial score (nSPS) is 12.2. The minimum absolute atomic E-state index is 0.327. The average molecular weight is 240 g/mol. The van der Waals surface area contributed by atoms with E-state index < -0.39 is 0 Å². The Morgan fingerprint density at radius 2 is 2.44 bits per heavy atom. The molecule has 0 rings (SSSR count). The summed E-state index contributed by atoms with van der Waals surface area (Å²) in [7, 11) is 0. The molecule has 0 radical (unpaired) electrons. The summed E-state index contributed by atoms with van der Waals surface area (Å²) in [6, 6.07) is 0. The van der Waals surface area contributed by atoms with E-state index in [0.717, 1.165) is 6.21 Å². The molecule has 52 valence electrons. The van der Waals surface area contributed by atoms with Crippen molar-refractivity contribution in [2.24, 2.45) is 5.73 Å². The molecule has 0 aliphatic rings. The van der Waals surface area contributed by atoms with E-state index in [1.165, 1.54) is 0 Å². The van der Waals surface area contributed by atoms with E-state index in [9.17, 15) is 0 Å². The van der Waals surface area contributed by atoms with Crippen molar-refractivity contribution in [3.8, 4) is 0 Å². The van der Waals surface area contributed by atoms with Gasteiger partial charge in [-0.25, -0.2) is 0 Å². The van der Waals surface area contributed by atoms with Gasteiger partial charge in [-0.3, -0.25) is 0 Å². The largest absolute Gasteiger partial charge is 0.479 e. The van der Waals surface area contributed by atoms with Crippen molar-refractivity contribution in [3.63, 3.8) is 0 Å². The second-order valence-corrected chi connectivity index (χ2v) is 2.45. The van der Waals surface area contributed by atoms with Gasteiger partial charge in [0.05, 0.1) is 10.2 Å². The molecule has 0 aliphatic carbocycles.